The fourth-order valence-electron chi connectivity index (χ4n) is 3.66. The van der Waals surface area contributed by atoms with Gasteiger partial charge in [0, 0.05) is 43.0 Å². The molecule has 2 fully saturated rings. The Morgan fingerprint density at radius 2 is 2.32 bits per heavy atom. The summed E-state index contributed by atoms with van der Waals surface area (Å²) >= 11 is 1.76. The number of aliphatic imine (C=N–C) groups is 1. The van der Waals surface area contributed by atoms with Gasteiger partial charge in [-0.2, -0.15) is 0 Å². The molecule has 2 aliphatic heterocycles. The normalized spacial score (nSPS) is 23.7. The Morgan fingerprint density at radius 1 is 1.32 bits per heavy atom. The summed E-state index contributed by atoms with van der Waals surface area (Å²) in [5, 5.41) is 5.66. The van der Waals surface area contributed by atoms with Crippen LogP contribution in [-0.4, -0.2) is 43.7 Å². The van der Waals surface area contributed by atoms with E-state index in [4.69, 9.17) is 14.1 Å². The lowest BCUT2D eigenvalue weighted by Gasteiger charge is -2.25. The first kappa shape index (κ1) is 16.7. The van der Waals surface area contributed by atoms with Crippen LogP contribution < -0.4 is 5.32 Å². The van der Waals surface area contributed by atoms with Gasteiger partial charge in [0.25, 0.3) is 0 Å². The molecule has 2 aromatic heterocycles. The van der Waals surface area contributed by atoms with Gasteiger partial charge in [0.1, 0.15) is 5.76 Å². The van der Waals surface area contributed by atoms with Gasteiger partial charge in [0.05, 0.1) is 19.4 Å². The molecule has 134 valence electrons. The molecule has 0 amide bonds. The van der Waals surface area contributed by atoms with E-state index in [1.54, 1.807) is 17.6 Å². The highest BCUT2D eigenvalue weighted by atomic mass is 32.1. The second-order valence-electron chi connectivity index (χ2n) is 6.95. The molecule has 0 aromatic carbocycles. The summed E-state index contributed by atoms with van der Waals surface area (Å²) in [5.41, 5.74) is 0.340. The smallest absolute Gasteiger partial charge is 0.194 e. The van der Waals surface area contributed by atoms with Gasteiger partial charge >= 0.3 is 0 Å². The second kappa shape index (κ2) is 7.62. The van der Waals surface area contributed by atoms with Gasteiger partial charge in [-0.15, -0.1) is 11.3 Å². The van der Waals surface area contributed by atoms with E-state index in [0.717, 1.165) is 57.5 Å². The molecule has 0 radical (unpaired) electrons. The summed E-state index contributed by atoms with van der Waals surface area (Å²) in [5.74, 6) is 2.02. The van der Waals surface area contributed by atoms with Crippen molar-refractivity contribution in [1.82, 2.24) is 10.2 Å². The lowest BCUT2D eigenvalue weighted by Crippen LogP contribution is -2.42. The number of guanidine groups is 1. The third-order valence-corrected chi connectivity index (χ3v) is 5.98. The van der Waals surface area contributed by atoms with Crippen molar-refractivity contribution in [3.05, 3.63) is 46.5 Å². The van der Waals surface area contributed by atoms with Gasteiger partial charge in [-0.1, -0.05) is 6.07 Å². The summed E-state index contributed by atoms with van der Waals surface area (Å²) in [4.78, 5) is 8.59. The molecule has 25 heavy (non-hydrogen) atoms. The van der Waals surface area contributed by atoms with Crippen LogP contribution in [0.15, 0.2) is 45.3 Å². The number of nitrogens with one attached hydrogen (secondary N) is 1. The third-order valence-electron chi connectivity index (χ3n) is 5.12. The Bertz CT molecular complexity index is 676. The molecule has 0 aliphatic carbocycles. The van der Waals surface area contributed by atoms with Crippen molar-refractivity contribution >= 4 is 17.3 Å². The minimum Gasteiger partial charge on any atom is -0.469 e. The zero-order valence-electron chi connectivity index (χ0n) is 14.4. The maximum absolute atomic E-state index is 5.66. The fraction of sp³-hybridized carbons (Fsp3) is 0.526. The number of rotatable bonds is 5. The zero-order valence-corrected chi connectivity index (χ0v) is 15.3. The largest absolute Gasteiger partial charge is 0.469 e. The van der Waals surface area contributed by atoms with Gasteiger partial charge in [-0.3, -0.25) is 0 Å². The van der Waals surface area contributed by atoms with E-state index in [9.17, 15) is 0 Å². The monoisotopic (exact) mass is 359 g/mol. The Morgan fingerprint density at radius 3 is 3.08 bits per heavy atom. The number of furan rings is 1. The van der Waals surface area contributed by atoms with Gasteiger partial charge in [0.15, 0.2) is 5.96 Å². The number of thiophene rings is 1. The van der Waals surface area contributed by atoms with Crippen LogP contribution in [0.2, 0.25) is 0 Å². The summed E-state index contributed by atoms with van der Waals surface area (Å²) in [7, 11) is 0. The average Bonchev–Trinajstić information content (AvgIpc) is 3.41. The minimum absolute atomic E-state index is 0.340. The molecule has 5 nitrogen and oxygen atoms in total. The first-order chi connectivity index (χ1) is 12.3. The molecule has 1 spiro atoms. The highest BCUT2D eigenvalue weighted by Crippen LogP contribution is 2.38. The van der Waals surface area contributed by atoms with Crippen LogP contribution in [0, 0.1) is 5.41 Å². The molecular formula is C19H25N3O2S. The maximum Gasteiger partial charge on any atom is 0.194 e. The molecule has 2 aliphatic rings. The summed E-state index contributed by atoms with van der Waals surface area (Å²) < 4.78 is 11.1. The first-order valence-corrected chi connectivity index (χ1v) is 9.87. The number of hydrogen-bond donors (Lipinski definition) is 1. The quantitative estimate of drug-likeness (QED) is 0.658. The van der Waals surface area contributed by atoms with Crippen molar-refractivity contribution in [1.29, 1.82) is 0 Å². The Hall–Kier alpha value is -1.79. The summed E-state index contributed by atoms with van der Waals surface area (Å²) in [6, 6.07) is 8.18. The van der Waals surface area contributed by atoms with E-state index in [0.29, 0.717) is 5.41 Å². The standard InChI is InChI=1S/C19H25N3O2S/c1-3-16(24-10-1)5-8-20-18(21-13-17-4-2-12-25-17)22-9-6-19(14-22)7-11-23-15-19/h1-4,10,12H,5-9,11,13-15H2,(H,20,21). The molecule has 4 rings (SSSR count). The third kappa shape index (κ3) is 4.07. The van der Waals surface area contributed by atoms with Crippen molar-refractivity contribution < 1.29 is 9.15 Å². The van der Waals surface area contributed by atoms with Crippen LogP contribution in [0.3, 0.4) is 0 Å². The molecule has 1 unspecified atom stereocenters. The lowest BCUT2D eigenvalue weighted by atomic mass is 9.87. The Kier molecular flexibility index (Phi) is 5.08. The molecule has 2 saturated heterocycles. The maximum atomic E-state index is 5.66. The Labute approximate surface area is 152 Å². The van der Waals surface area contributed by atoms with E-state index in [2.05, 4.69) is 27.7 Å². The van der Waals surface area contributed by atoms with Gasteiger partial charge in [-0.05, 0) is 36.4 Å². The predicted octanol–water partition coefficient (Wildman–Crippen LogP) is 3.14. The Balaban J connectivity index is 1.40. The molecule has 0 saturated carbocycles. The van der Waals surface area contributed by atoms with Crippen molar-refractivity contribution in [2.24, 2.45) is 10.4 Å². The van der Waals surface area contributed by atoms with E-state index >= 15 is 0 Å². The number of ether oxygens (including phenoxy) is 1. The molecule has 0 bridgehead atoms. The molecule has 2 aromatic rings. The van der Waals surface area contributed by atoms with Gasteiger partial charge in [0.2, 0.25) is 0 Å². The van der Waals surface area contributed by atoms with Gasteiger partial charge < -0.3 is 19.4 Å². The SMILES string of the molecule is c1coc(CCNC(=NCc2cccs2)N2CCC3(CCOC3)C2)c1. The summed E-state index contributed by atoms with van der Waals surface area (Å²) in [6.45, 7) is 5.47. The second-order valence-corrected chi connectivity index (χ2v) is 7.98. The van der Waals surface area contributed by atoms with Crippen LogP contribution in [0.25, 0.3) is 0 Å². The molecular weight excluding hydrogens is 334 g/mol. The number of nitrogens with zero attached hydrogens (tertiary/aromatic N) is 2. The summed E-state index contributed by atoms with van der Waals surface area (Å²) in [6.07, 6.45) is 4.97. The van der Waals surface area contributed by atoms with Crippen molar-refractivity contribution in [2.45, 2.75) is 25.8 Å². The molecule has 4 heterocycles. The highest BCUT2D eigenvalue weighted by Gasteiger charge is 2.42. The van der Waals surface area contributed by atoms with Crippen LogP contribution >= 0.6 is 11.3 Å². The fourth-order valence-corrected chi connectivity index (χ4v) is 4.29. The molecule has 6 heteroatoms. The van der Waals surface area contributed by atoms with Crippen LogP contribution in [0.5, 0.6) is 0 Å². The molecule has 1 N–H and O–H groups in total. The minimum atomic E-state index is 0.340. The highest BCUT2D eigenvalue weighted by molar-refractivity contribution is 7.09. The lowest BCUT2D eigenvalue weighted by molar-refractivity contribution is 0.156. The topological polar surface area (TPSA) is 50.0 Å². The van der Waals surface area contributed by atoms with Crippen LogP contribution in [-0.2, 0) is 17.7 Å². The molecule has 1 atom stereocenters. The van der Waals surface area contributed by atoms with E-state index < -0.39 is 0 Å². The van der Waals surface area contributed by atoms with Crippen LogP contribution in [0.4, 0.5) is 0 Å². The van der Waals surface area contributed by atoms with Crippen molar-refractivity contribution in [3.8, 4) is 0 Å². The average molecular weight is 359 g/mol. The van der Waals surface area contributed by atoms with E-state index in [-0.39, 0.29) is 0 Å². The zero-order chi connectivity index (χ0) is 17.0. The van der Waals surface area contributed by atoms with Crippen molar-refractivity contribution in [3.63, 3.8) is 0 Å². The number of hydrogen-bond acceptors (Lipinski definition) is 4. The van der Waals surface area contributed by atoms with Crippen molar-refractivity contribution in [2.75, 3.05) is 32.8 Å². The first-order valence-electron chi connectivity index (χ1n) is 8.99. The number of likely N-dealkylation sites (tertiary alicyclic amines) is 1. The van der Waals surface area contributed by atoms with E-state index in [1.807, 2.05) is 12.1 Å². The van der Waals surface area contributed by atoms with E-state index in [1.165, 1.54) is 17.7 Å². The van der Waals surface area contributed by atoms with Crippen LogP contribution in [0.1, 0.15) is 23.5 Å². The predicted molar refractivity (Wildman–Crippen MR) is 99.9 cm³/mol. The van der Waals surface area contributed by atoms with Gasteiger partial charge in [-0.25, -0.2) is 4.99 Å².